The first-order valence-corrected chi connectivity index (χ1v) is 7.99. The molecule has 1 N–H and O–H groups in total. The molecule has 0 spiro atoms. The van der Waals surface area contributed by atoms with Crippen LogP contribution in [0.15, 0.2) is 22.7 Å². The minimum absolute atomic E-state index is 0.216. The molecule has 1 aliphatic rings. The van der Waals surface area contributed by atoms with Crippen LogP contribution in [0.1, 0.15) is 45.6 Å². The second kappa shape index (κ2) is 6.27. The van der Waals surface area contributed by atoms with Gasteiger partial charge >= 0.3 is 0 Å². The Hall–Kier alpha value is -0.540. The average Bonchev–Trinajstić information content (AvgIpc) is 2.42. The summed E-state index contributed by atoms with van der Waals surface area (Å²) in [6.45, 7) is 8.85. The number of piperidine rings is 1. The van der Waals surface area contributed by atoms with Crippen molar-refractivity contribution in [2.45, 2.75) is 51.6 Å². The quantitative estimate of drug-likeness (QED) is 0.892. The molecule has 1 heterocycles. The van der Waals surface area contributed by atoms with Gasteiger partial charge in [0.15, 0.2) is 0 Å². The van der Waals surface area contributed by atoms with Crippen LogP contribution in [0.25, 0.3) is 0 Å². The van der Waals surface area contributed by atoms with Crippen LogP contribution in [0.5, 0.6) is 5.75 Å². The van der Waals surface area contributed by atoms with E-state index in [1.54, 1.807) is 0 Å². The molecule has 1 saturated heterocycles. The summed E-state index contributed by atoms with van der Waals surface area (Å²) in [6.07, 6.45) is 3.77. The lowest BCUT2D eigenvalue weighted by Gasteiger charge is -2.26. The third-order valence-electron chi connectivity index (χ3n) is 4.14. The molecular weight excluding hydrogens is 302 g/mol. The van der Waals surface area contributed by atoms with E-state index in [2.05, 4.69) is 60.2 Å². The molecule has 1 aromatic carbocycles. The van der Waals surface area contributed by atoms with E-state index in [0.29, 0.717) is 6.10 Å². The molecule has 1 aromatic rings. The molecule has 0 amide bonds. The Morgan fingerprint density at radius 3 is 2.79 bits per heavy atom. The van der Waals surface area contributed by atoms with Crippen molar-refractivity contribution in [1.82, 2.24) is 5.32 Å². The van der Waals surface area contributed by atoms with Crippen molar-refractivity contribution in [2.24, 2.45) is 0 Å². The topological polar surface area (TPSA) is 21.3 Å². The third kappa shape index (κ3) is 3.73. The predicted octanol–water partition coefficient (Wildman–Crippen LogP) is 4.27. The van der Waals surface area contributed by atoms with Crippen LogP contribution >= 0.6 is 15.9 Å². The summed E-state index contributed by atoms with van der Waals surface area (Å²) in [5, 5.41) is 3.38. The number of rotatable bonds is 4. The molecule has 0 bridgehead atoms. The summed E-state index contributed by atoms with van der Waals surface area (Å²) in [5.41, 5.74) is 1.57. The number of hydrogen-bond donors (Lipinski definition) is 1. The molecular formula is C16H24BrNO. The van der Waals surface area contributed by atoms with Crippen LogP contribution in [0.2, 0.25) is 0 Å². The summed E-state index contributed by atoms with van der Waals surface area (Å²) in [7, 11) is 0. The maximum absolute atomic E-state index is 6.08. The molecule has 0 saturated carbocycles. The number of halogens is 1. The molecule has 3 heteroatoms. The van der Waals surface area contributed by atoms with Gasteiger partial charge in [0, 0.05) is 6.54 Å². The van der Waals surface area contributed by atoms with Crippen molar-refractivity contribution in [2.75, 3.05) is 13.1 Å². The second-order valence-corrected chi connectivity index (χ2v) is 6.82. The Morgan fingerprint density at radius 1 is 1.42 bits per heavy atom. The highest BCUT2D eigenvalue weighted by atomic mass is 79.9. The Morgan fingerprint density at radius 2 is 2.21 bits per heavy atom. The maximum Gasteiger partial charge on any atom is 0.133 e. The lowest BCUT2D eigenvalue weighted by molar-refractivity contribution is 0.166. The van der Waals surface area contributed by atoms with Crippen LogP contribution in [0.4, 0.5) is 0 Å². The normalized spacial score (nSPS) is 20.3. The number of ether oxygens (including phenoxy) is 1. The average molecular weight is 326 g/mol. The minimum Gasteiger partial charge on any atom is -0.488 e. The summed E-state index contributed by atoms with van der Waals surface area (Å²) in [4.78, 5) is 0. The highest BCUT2D eigenvalue weighted by molar-refractivity contribution is 9.10. The largest absolute Gasteiger partial charge is 0.488 e. The van der Waals surface area contributed by atoms with Crippen LogP contribution in [0, 0.1) is 0 Å². The van der Waals surface area contributed by atoms with E-state index in [9.17, 15) is 0 Å². The van der Waals surface area contributed by atoms with Gasteiger partial charge in [-0.2, -0.15) is 0 Å². The van der Waals surface area contributed by atoms with E-state index in [-0.39, 0.29) is 5.41 Å². The van der Waals surface area contributed by atoms with Crippen LogP contribution in [-0.4, -0.2) is 19.2 Å². The predicted molar refractivity (Wildman–Crippen MR) is 84.0 cm³/mol. The third-order valence-corrected chi connectivity index (χ3v) is 4.76. The first-order chi connectivity index (χ1) is 9.03. The zero-order valence-corrected chi connectivity index (χ0v) is 13.7. The van der Waals surface area contributed by atoms with Gasteiger partial charge in [0.05, 0.1) is 4.47 Å². The smallest absolute Gasteiger partial charge is 0.133 e. The highest BCUT2D eigenvalue weighted by Crippen LogP contribution is 2.34. The lowest BCUT2D eigenvalue weighted by atomic mass is 9.82. The Balaban J connectivity index is 2.10. The van der Waals surface area contributed by atoms with Gasteiger partial charge in [0.25, 0.3) is 0 Å². The summed E-state index contributed by atoms with van der Waals surface area (Å²) < 4.78 is 7.14. The first-order valence-electron chi connectivity index (χ1n) is 7.20. The molecule has 2 nitrogen and oxygen atoms in total. The number of hydrogen-bond acceptors (Lipinski definition) is 2. The fraction of sp³-hybridized carbons (Fsp3) is 0.625. The summed E-state index contributed by atoms with van der Waals surface area (Å²) in [5.74, 6) is 0.962. The van der Waals surface area contributed by atoms with Crippen molar-refractivity contribution >= 4 is 15.9 Å². The number of benzene rings is 1. The Labute approximate surface area is 125 Å². The van der Waals surface area contributed by atoms with Crippen molar-refractivity contribution in [3.05, 3.63) is 28.2 Å². The standard InChI is InChI=1S/C16H24BrNO/c1-4-16(2,3)12-7-8-15(14(17)10-12)19-13-6-5-9-18-11-13/h7-8,10,13,18H,4-6,9,11H2,1-3H3. The van der Waals surface area contributed by atoms with E-state index < -0.39 is 0 Å². The van der Waals surface area contributed by atoms with Gasteiger partial charge in [-0.1, -0.05) is 26.8 Å². The van der Waals surface area contributed by atoms with E-state index >= 15 is 0 Å². The van der Waals surface area contributed by atoms with E-state index in [1.165, 1.54) is 12.0 Å². The first kappa shape index (κ1) is 14.9. The maximum atomic E-state index is 6.08. The van der Waals surface area contributed by atoms with Gasteiger partial charge in [-0.15, -0.1) is 0 Å². The molecule has 0 aliphatic carbocycles. The summed E-state index contributed by atoms with van der Waals surface area (Å²) in [6, 6.07) is 6.50. The van der Waals surface area contributed by atoms with Crippen molar-refractivity contribution in [3.63, 3.8) is 0 Å². The molecule has 1 atom stereocenters. The van der Waals surface area contributed by atoms with Crippen LogP contribution in [-0.2, 0) is 5.41 Å². The van der Waals surface area contributed by atoms with Gasteiger partial charge in [-0.05, 0) is 64.8 Å². The van der Waals surface area contributed by atoms with Crippen molar-refractivity contribution < 1.29 is 4.74 Å². The van der Waals surface area contributed by atoms with Crippen molar-refractivity contribution in [3.8, 4) is 5.75 Å². The van der Waals surface area contributed by atoms with Crippen LogP contribution in [0.3, 0.4) is 0 Å². The van der Waals surface area contributed by atoms with E-state index in [0.717, 1.165) is 36.2 Å². The molecule has 2 rings (SSSR count). The van der Waals surface area contributed by atoms with Gasteiger partial charge in [-0.3, -0.25) is 0 Å². The Bertz CT molecular complexity index is 425. The van der Waals surface area contributed by atoms with E-state index in [1.807, 2.05) is 0 Å². The SMILES string of the molecule is CCC(C)(C)c1ccc(OC2CCCNC2)c(Br)c1. The molecule has 1 unspecified atom stereocenters. The zero-order chi connectivity index (χ0) is 13.9. The molecule has 0 radical (unpaired) electrons. The molecule has 1 fully saturated rings. The molecule has 106 valence electrons. The minimum atomic E-state index is 0.216. The van der Waals surface area contributed by atoms with Gasteiger partial charge in [0.1, 0.15) is 11.9 Å². The monoisotopic (exact) mass is 325 g/mol. The van der Waals surface area contributed by atoms with Gasteiger partial charge in [-0.25, -0.2) is 0 Å². The van der Waals surface area contributed by atoms with E-state index in [4.69, 9.17) is 4.74 Å². The molecule has 19 heavy (non-hydrogen) atoms. The fourth-order valence-electron chi connectivity index (χ4n) is 2.32. The molecule has 1 aliphatic heterocycles. The van der Waals surface area contributed by atoms with Crippen LogP contribution < -0.4 is 10.1 Å². The Kier molecular flexibility index (Phi) is 4.91. The van der Waals surface area contributed by atoms with Gasteiger partial charge in [0.2, 0.25) is 0 Å². The van der Waals surface area contributed by atoms with Crippen molar-refractivity contribution in [1.29, 1.82) is 0 Å². The molecule has 0 aromatic heterocycles. The summed E-state index contributed by atoms with van der Waals surface area (Å²) >= 11 is 3.65. The fourth-order valence-corrected chi connectivity index (χ4v) is 2.79. The van der Waals surface area contributed by atoms with Gasteiger partial charge < -0.3 is 10.1 Å². The lowest BCUT2D eigenvalue weighted by Crippen LogP contribution is -2.37. The number of nitrogens with one attached hydrogen (secondary N) is 1. The zero-order valence-electron chi connectivity index (χ0n) is 12.1. The highest BCUT2D eigenvalue weighted by Gasteiger charge is 2.20. The second-order valence-electron chi connectivity index (χ2n) is 5.97.